The molecule has 0 atom stereocenters. The van der Waals surface area contributed by atoms with Gasteiger partial charge in [0.05, 0.1) is 6.54 Å². The maximum Gasteiger partial charge on any atom is 0.354 e. The van der Waals surface area contributed by atoms with Gasteiger partial charge in [-0.25, -0.2) is 19.6 Å². The van der Waals surface area contributed by atoms with Crippen LogP contribution < -0.4 is 10.6 Å². The predicted molar refractivity (Wildman–Crippen MR) is 72.4 cm³/mol. The van der Waals surface area contributed by atoms with Crippen molar-refractivity contribution in [2.75, 3.05) is 0 Å². The zero-order chi connectivity index (χ0) is 14.4. The van der Waals surface area contributed by atoms with E-state index in [4.69, 9.17) is 5.11 Å². The van der Waals surface area contributed by atoms with E-state index < -0.39 is 5.97 Å². The smallest absolute Gasteiger partial charge is 0.354 e. The van der Waals surface area contributed by atoms with E-state index in [1.54, 1.807) is 12.3 Å². The Bertz CT molecular complexity index is 583. The summed E-state index contributed by atoms with van der Waals surface area (Å²) in [5, 5.41) is 16.7. The summed E-state index contributed by atoms with van der Waals surface area (Å²) in [6, 6.07) is 2.69. The molecule has 0 spiro atoms. The monoisotopic (exact) mass is 292 g/mol. The molecule has 0 fully saturated rings. The molecule has 2 rings (SSSR count). The minimum Gasteiger partial charge on any atom is -0.477 e. The number of pyridine rings is 1. The number of nitrogens with one attached hydrogen (secondary N) is 2. The van der Waals surface area contributed by atoms with Crippen LogP contribution in [0.1, 0.15) is 21.1 Å². The lowest BCUT2D eigenvalue weighted by Crippen LogP contribution is -2.34. The largest absolute Gasteiger partial charge is 0.477 e. The minimum atomic E-state index is -1.08. The van der Waals surface area contributed by atoms with E-state index in [2.05, 4.69) is 20.6 Å². The van der Waals surface area contributed by atoms with Gasteiger partial charge in [0.2, 0.25) is 0 Å². The van der Waals surface area contributed by atoms with Gasteiger partial charge in [-0.15, -0.1) is 11.3 Å². The third-order valence-corrected chi connectivity index (χ3v) is 3.16. The van der Waals surface area contributed by atoms with Gasteiger partial charge in [0.1, 0.15) is 10.7 Å². The molecular weight excluding hydrogens is 280 g/mol. The Balaban J connectivity index is 1.76. The number of thiazole rings is 1. The number of urea groups is 1. The Morgan fingerprint density at radius 1 is 1.20 bits per heavy atom. The standard InChI is InChI=1S/C12H12N4O3S/c17-11(18)9-2-1-8(5-14-9)6-15-12(19)16-7-10-13-3-4-20-10/h1-5H,6-7H2,(H,17,18)(H2,15,16,19). The molecule has 0 radical (unpaired) electrons. The van der Waals surface area contributed by atoms with E-state index in [0.29, 0.717) is 6.54 Å². The molecule has 0 bridgehead atoms. The average Bonchev–Trinajstić information content (AvgIpc) is 2.96. The fourth-order valence-electron chi connectivity index (χ4n) is 1.40. The van der Waals surface area contributed by atoms with E-state index in [-0.39, 0.29) is 18.3 Å². The molecule has 0 unspecified atom stereocenters. The molecule has 2 heterocycles. The summed E-state index contributed by atoms with van der Waals surface area (Å²) in [6.07, 6.45) is 3.10. The van der Waals surface area contributed by atoms with Gasteiger partial charge in [-0.05, 0) is 11.6 Å². The van der Waals surface area contributed by atoms with E-state index in [1.807, 2.05) is 5.38 Å². The Morgan fingerprint density at radius 2 is 2.00 bits per heavy atom. The van der Waals surface area contributed by atoms with Crippen molar-refractivity contribution in [3.63, 3.8) is 0 Å². The van der Waals surface area contributed by atoms with Crippen LogP contribution in [0.2, 0.25) is 0 Å². The maximum absolute atomic E-state index is 11.5. The fraction of sp³-hybridized carbons (Fsp3) is 0.167. The van der Waals surface area contributed by atoms with Crippen molar-refractivity contribution in [3.8, 4) is 0 Å². The average molecular weight is 292 g/mol. The van der Waals surface area contributed by atoms with Crippen LogP contribution in [0.5, 0.6) is 0 Å². The number of carbonyl (C=O) groups excluding carboxylic acids is 1. The van der Waals surface area contributed by atoms with E-state index in [9.17, 15) is 9.59 Å². The first-order valence-electron chi connectivity index (χ1n) is 5.73. The molecule has 2 amide bonds. The van der Waals surface area contributed by atoms with Gasteiger partial charge in [0.25, 0.3) is 0 Å². The summed E-state index contributed by atoms with van der Waals surface area (Å²) in [6.45, 7) is 0.649. The number of hydrogen-bond donors (Lipinski definition) is 3. The highest BCUT2D eigenvalue weighted by Crippen LogP contribution is 2.03. The molecule has 0 aromatic carbocycles. The first-order valence-corrected chi connectivity index (χ1v) is 6.61. The zero-order valence-electron chi connectivity index (χ0n) is 10.4. The summed E-state index contributed by atoms with van der Waals surface area (Å²) in [7, 11) is 0. The van der Waals surface area contributed by atoms with Crippen LogP contribution in [-0.4, -0.2) is 27.1 Å². The van der Waals surface area contributed by atoms with Crippen molar-refractivity contribution >= 4 is 23.3 Å². The molecular formula is C12H12N4O3S. The molecule has 7 nitrogen and oxygen atoms in total. The summed E-state index contributed by atoms with van der Waals surface area (Å²) < 4.78 is 0. The molecule has 104 valence electrons. The molecule has 0 aliphatic heterocycles. The van der Waals surface area contributed by atoms with Gasteiger partial charge in [0, 0.05) is 24.3 Å². The lowest BCUT2D eigenvalue weighted by atomic mass is 10.2. The lowest BCUT2D eigenvalue weighted by Gasteiger charge is -2.06. The van der Waals surface area contributed by atoms with Crippen LogP contribution in [0.15, 0.2) is 29.9 Å². The Hall–Kier alpha value is -2.48. The van der Waals surface area contributed by atoms with Gasteiger partial charge in [-0.3, -0.25) is 0 Å². The van der Waals surface area contributed by atoms with Crippen molar-refractivity contribution in [1.82, 2.24) is 20.6 Å². The van der Waals surface area contributed by atoms with E-state index in [1.165, 1.54) is 23.6 Å². The van der Waals surface area contributed by atoms with Crippen molar-refractivity contribution in [3.05, 3.63) is 46.2 Å². The topological polar surface area (TPSA) is 104 Å². The molecule has 2 aromatic heterocycles. The van der Waals surface area contributed by atoms with E-state index >= 15 is 0 Å². The highest BCUT2D eigenvalue weighted by molar-refractivity contribution is 7.09. The summed E-state index contributed by atoms with van der Waals surface area (Å²) in [4.78, 5) is 30.0. The maximum atomic E-state index is 11.5. The highest BCUT2D eigenvalue weighted by Gasteiger charge is 2.05. The SMILES string of the molecule is O=C(NCc1ccc(C(=O)O)nc1)NCc1nccs1. The lowest BCUT2D eigenvalue weighted by molar-refractivity contribution is 0.0690. The second kappa shape index (κ2) is 6.62. The van der Waals surface area contributed by atoms with Crippen LogP contribution >= 0.6 is 11.3 Å². The predicted octanol–water partition coefficient (Wildman–Crippen LogP) is 1.24. The fourth-order valence-corrected chi connectivity index (χ4v) is 1.95. The van der Waals surface area contributed by atoms with Crippen molar-refractivity contribution < 1.29 is 14.7 Å². The van der Waals surface area contributed by atoms with Gasteiger partial charge in [-0.1, -0.05) is 6.07 Å². The number of aromatic carboxylic acids is 1. The first-order chi connectivity index (χ1) is 9.65. The first kappa shape index (κ1) is 13.9. The Labute approximate surface area is 118 Å². The molecule has 3 N–H and O–H groups in total. The quantitative estimate of drug-likeness (QED) is 0.769. The number of hydrogen-bond acceptors (Lipinski definition) is 5. The van der Waals surface area contributed by atoms with Crippen LogP contribution in [0.25, 0.3) is 0 Å². The van der Waals surface area contributed by atoms with Gasteiger partial charge in [0.15, 0.2) is 0 Å². The number of amides is 2. The van der Waals surface area contributed by atoms with Crippen LogP contribution in [0, 0.1) is 0 Å². The number of aromatic nitrogens is 2. The number of carboxylic acid groups (broad SMARTS) is 1. The third kappa shape index (κ3) is 4.02. The molecule has 8 heteroatoms. The Morgan fingerprint density at radius 3 is 2.60 bits per heavy atom. The third-order valence-electron chi connectivity index (χ3n) is 2.38. The molecule has 0 saturated carbocycles. The van der Waals surface area contributed by atoms with Crippen LogP contribution in [-0.2, 0) is 13.1 Å². The molecule has 0 aliphatic carbocycles. The molecule has 0 saturated heterocycles. The number of nitrogens with zero attached hydrogens (tertiary/aromatic N) is 2. The van der Waals surface area contributed by atoms with Crippen LogP contribution in [0.3, 0.4) is 0 Å². The minimum absolute atomic E-state index is 0.0260. The second-order valence-electron chi connectivity index (χ2n) is 3.82. The van der Waals surface area contributed by atoms with Crippen molar-refractivity contribution in [1.29, 1.82) is 0 Å². The van der Waals surface area contributed by atoms with Crippen molar-refractivity contribution in [2.24, 2.45) is 0 Å². The van der Waals surface area contributed by atoms with Gasteiger partial charge < -0.3 is 15.7 Å². The Kier molecular flexibility index (Phi) is 4.61. The number of rotatable bonds is 5. The normalized spacial score (nSPS) is 10.0. The highest BCUT2D eigenvalue weighted by atomic mass is 32.1. The van der Waals surface area contributed by atoms with Crippen LogP contribution in [0.4, 0.5) is 4.79 Å². The molecule has 0 aliphatic rings. The number of carboxylic acids is 1. The van der Waals surface area contributed by atoms with Crippen molar-refractivity contribution in [2.45, 2.75) is 13.1 Å². The summed E-state index contributed by atoms with van der Waals surface area (Å²) in [5.41, 5.74) is 0.696. The van der Waals surface area contributed by atoms with Gasteiger partial charge in [-0.2, -0.15) is 0 Å². The summed E-state index contributed by atoms with van der Waals surface area (Å²) in [5.74, 6) is -1.08. The molecule has 20 heavy (non-hydrogen) atoms. The van der Waals surface area contributed by atoms with Gasteiger partial charge >= 0.3 is 12.0 Å². The summed E-state index contributed by atoms with van der Waals surface area (Å²) >= 11 is 1.46. The van der Waals surface area contributed by atoms with E-state index in [0.717, 1.165) is 10.6 Å². The number of carbonyl (C=O) groups is 2. The molecule has 2 aromatic rings. The second-order valence-corrected chi connectivity index (χ2v) is 4.80. The zero-order valence-corrected chi connectivity index (χ0v) is 11.2.